The van der Waals surface area contributed by atoms with Crippen molar-refractivity contribution in [1.82, 2.24) is 5.32 Å². The van der Waals surface area contributed by atoms with Crippen molar-refractivity contribution in [3.05, 3.63) is 30.3 Å². The summed E-state index contributed by atoms with van der Waals surface area (Å²) in [4.78, 5) is 12.2. The fourth-order valence-corrected chi connectivity index (χ4v) is 2.84. The number of para-hydroxylation sites is 1. The Morgan fingerprint density at radius 2 is 1.95 bits per heavy atom. The van der Waals surface area contributed by atoms with Gasteiger partial charge in [0.15, 0.2) is 6.10 Å². The Balaban J connectivity index is 1.87. The lowest BCUT2D eigenvalue weighted by molar-refractivity contribution is -0.128. The number of carbonyl (C=O) groups is 1. The van der Waals surface area contributed by atoms with Gasteiger partial charge in [-0.15, -0.1) is 0 Å². The topological polar surface area (TPSA) is 38.3 Å². The largest absolute Gasteiger partial charge is 0.481 e. The second kappa shape index (κ2) is 6.78. The zero-order chi connectivity index (χ0) is 14.5. The van der Waals surface area contributed by atoms with Gasteiger partial charge in [-0.25, -0.2) is 0 Å². The molecule has 0 radical (unpaired) electrons. The molecule has 4 unspecified atom stereocenters. The van der Waals surface area contributed by atoms with Crippen molar-refractivity contribution >= 4 is 5.91 Å². The number of carbonyl (C=O) groups excluding carboxylic acids is 1. The van der Waals surface area contributed by atoms with Crippen molar-refractivity contribution in [2.24, 2.45) is 11.8 Å². The van der Waals surface area contributed by atoms with Crippen LogP contribution in [0.1, 0.15) is 40.0 Å². The molecule has 0 bridgehead atoms. The summed E-state index contributed by atoms with van der Waals surface area (Å²) in [5.74, 6) is 1.94. The summed E-state index contributed by atoms with van der Waals surface area (Å²) in [6, 6.07) is 9.77. The second-order valence-electron chi connectivity index (χ2n) is 5.96. The van der Waals surface area contributed by atoms with Crippen molar-refractivity contribution in [2.75, 3.05) is 0 Å². The van der Waals surface area contributed by atoms with Crippen LogP contribution in [0.5, 0.6) is 5.75 Å². The molecule has 3 nitrogen and oxygen atoms in total. The Labute approximate surface area is 121 Å². The number of ether oxygens (including phenoxy) is 1. The first kappa shape index (κ1) is 14.9. The van der Waals surface area contributed by atoms with Gasteiger partial charge in [-0.1, -0.05) is 44.9 Å². The zero-order valence-electron chi connectivity index (χ0n) is 12.6. The van der Waals surface area contributed by atoms with Gasteiger partial charge in [0, 0.05) is 6.04 Å². The van der Waals surface area contributed by atoms with Crippen LogP contribution in [0.3, 0.4) is 0 Å². The molecule has 2 rings (SSSR count). The molecule has 1 fully saturated rings. The van der Waals surface area contributed by atoms with E-state index >= 15 is 0 Å². The van der Waals surface area contributed by atoms with Crippen molar-refractivity contribution in [1.29, 1.82) is 0 Å². The summed E-state index contributed by atoms with van der Waals surface area (Å²) in [5.41, 5.74) is 0. The number of amides is 1. The summed E-state index contributed by atoms with van der Waals surface area (Å²) in [6.07, 6.45) is 3.09. The maximum absolute atomic E-state index is 12.2. The standard InChI is InChI=1S/C17H25NO2/c1-12-8-7-11-16(13(12)2)18-17(19)14(3)20-15-9-5-4-6-10-15/h4-6,9-10,12-14,16H,7-8,11H2,1-3H3,(H,18,19). The summed E-state index contributed by atoms with van der Waals surface area (Å²) in [6.45, 7) is 6.31. The minimum absolute atomic E-state index is 0.0141. The molecule has 3 heteroatoms. The van der Waals surface area contributed by atoms with Crippen LogP contribution in [-0.4, -0.2) is 18.1 Å². The molecule has 20 heavy (non-hydrogen) atoms. The lowest BCUT2D eigenvalue weighted by atomic mass is 9.78. The van der Waals surface area contributed by atoms with Crippen LogP contribution in [-0.2, 0) is 4.79 Å². The Morgan fingerprint density at radius 3 is 2.65 bits per heavy atom. The number of benzene rings is 1. The average molecular weight is 275 g/mol. The molecule has 1 saturated carbocycles. The highest BCUT2D eigenvalue weighted by atomic mass is 16.5. The highest BCUT2D eigenvalue weighted by Gasteiger charge is 2.29. The van der Waals surface area contributed by atoms with Gasteiger partial charge >= 0.3 is 0 Å². The van der Waals surface area contributed by atoms with Crippen LogP contribution in [0.2, 0.25) is 0 Å². The molecule has 4 atom stereocenters. The molecule has 110 valence electrons. The van der Waals surface area contributed by atoms with Crippen molar-refractivity contribution in [2.45, 2.75) is 52.2 Å². The number of hydrogen-bond acceptors (Lipinski definition) is 2. The lowest BCUT2D eigenvalue weighted by Crippen LogP contribution is -2.48. The van der Waals surface area contributed by atoms with E-state index in [9.17, 15) is 4.79 Å². The summed E-state index contributed by atoms with van der Waals surface area (Å²) < 4.78 is 5.67. The van der Waals surface area contributed by atoms with Gasteiger partial charge in [-0.3, -0.25) is 4.79 Å². The van der Waals surface area contributed by atoms with Crippen LogP contribution in [0.25, 0.3) is 0 Å². The van der Waals surface area contributed by atoms with Crippen LogP contribution in [0.15, 0.2) is 30.3 Å². The highest BCUT2D eigenvalue weighted by molar-refractivity contribution is 5.81. The Morgan fingerprint density at radius 1 is 1.25 bits per heavy atom. The van der Waals surface area contributed by atoms with Crippen LogP contribution >= 0.6 is 0 Å². The minimum atomic E-state index is -0.457. The minimum Gasteiger partial charge on any atom is -0.481 e. The van der Waals surface area contributed by atoms with E-state index in [4.69, 9.17) is 4.74 Å². The first-order valence-corrected chi connectivity index (χ1v) is 7.60. The second-order valence-corrected chi connectivity index (χ2v) is 5.96. The molecule has 1 aromatic carbocycles. The summed E-state index contributed by atoms with van der Waals surface area (Å²) in [5, 5.41) is 3.16. The van der Waals surface area contributed by atoms with Gasteiger partial charge in [-0.2, -0.15) is 0 Å². The summed E-state index contributed by atoms with van der Waals surface area (Å²) in [7, 11) is 0. The Kier molecular flexibility index (Phi) is 5.05. The van der Waals surface area contributed by atoms with E-state index in [1.807, 2.05) is 30.3 Å². The molecular formula is C17H25NO2. The Bertz CT molecular complexity index is 432. The molecule has 0 heterocycles. The molecule has 0 aliphatic heterocycles. The molecular weight excluding hydrogens is 250 g/mol. The number of nitrogens with one attached hydrogen (secondary N) is 1. The maximum atomic E-state index is 12.2. The van der Waals surface area contributed by atoms with Gasteiger partial charge in [0.2, 0.25) is 0 Å². The van der Waals surface area contributed by atoms with E-state index in [0.717, 1.165) is 12.2 Å². The average Bonchev–Trinajstić information content (AvgIpc) is 2.45. The quantitative estimate of drug-likeness (QED) is 0.914. The van der Waals surface area contributed by atoms with E-state index in [2.05, 4.69) is 19.2 Å². The molecule has 0 spiro atoms. The molecule has 1 N–H and O–H groups in total. The maximum Gasteiger partial charge on any atom is 0.261 e. The van der Waals surface area contributed by atoms with Crippen LogP contribution < -0.4 is 10.1 Å². The fourth-order valence-electron chi connectivity index (χ4n) is 2.84. The van der Waals surface area contributed by atoms with E-state index < -0.39 is 6.10 Å². The molecule has 1 amide bonds. The lowest BCUT2D eigenvalue weighted by Gasteiger charge is -2.35. The van der Waals surface area contributed by atoms with E-state index in [-0.39, 0.29) is 11.9 Å². The molecule has 0 saturated heterocycles. The number of rotatable bonds is 4. The first-order chi connectivity index (χ1) is 9.58. The SMILES string of the molecule is CC(Oc1ccccc1)C(=O)NC1CCCC(C)C1C. The van der Waals surface area contributed by atoms with E-state index in [1.54, 1.807) is 6.92 Å². The Hall–Kier alpha value is -1.51. The smallest absolute Gasteiger partial charge is 0.261 e. The predicted octanol–water partition coefficient (Wildman–Crippen LogP) is 3.39. The van der Waals surface area contributed by atoms with Gasteiger partial charge in [-0.05, 0) is 37.3 Å². The third-order valence-electron chi connectivity index (χ3n) is 4.46. The highest BCUT2D eigenvalue weighted by Crippen LogP contribution is 2.29. The van der Waals surface area contributed by atoms with Crippen LogP contribution in [0.4, 0.5) is 0 Å². The molecule has 1 aromatic rings. The van der Waals surface area contributed by atoms with E-state index in [1.165, 1.54) is 12.8 Å². The fraction of sp³-hybridized carbons (Fsp3) is 0.588. The molecule has 1 aliphatic rings. The third-order valence-corrected chi connectivity index (χ3v) is 4.46. The van der Waals surface area contributed by atoms with Gasteiger partial charge in [0.25, 0.3) is 5.91 Å². The van der Waals surface area contributed by atoms with Gasteiger partial charge in [0.1, 0.15) is 5.75 Å². The number of hydrogen-bond donors (Lipinski definition) is 1. The van der Waals surface area contributed by atoms with Crippen molar-refractivity contribution in [3.63, 3.8) is 0 Å². The molecule has 0 aromatic heterocycles. The van der Waals surface area contributed by atoms with Gasteiger partial charge < -0.3 is 10.1 Å². The van der Waals surface area contributed by atoms with Gasteiger partial charge in [0.05, 0.1) is 0 Å². The zero-order valence-corrected chi connectivity index (χ0v) is 12.6. The predicted molar refractivity (Wildman–Crippen MR) is 80.6 cm³/mol. The summed E-state index contributed by atoms with van der Waals surface area (Å²) >= 11 is 0. The van der Waals surface area contributed by atoms with E-state index in [0.29, 0.717) is 11.8 Å². The normalized spacial score (nSPS) is 27.6. The third kappa shape index (κ3) is 3.75. The van der Waals surface area contributed by atoms with Crippen molar-refractivity contribution in [3.8, 4) is 5.75 Å². The molecule has 1 aliphatic carbocycles. The van der Waals surface area contributed by atoms with Crippen LogP contribution in [0, 0.1) is 11.8 Å². The van der Waals surface area contributed by atoms with Crippen molar-refractivity contribution < 1.29 is 9.53 Å². The monoisotopic (exact) mass is 275 g/mol. The first-order valence-electron chi connectivity index (χ1n) is 7.60.